The minimum atomic E-state index is -0.0841. The molecule has 0 amide bonds. The molecule has 3 atom stereocenters. The zero-order valence-electron chi connectivity index (χ0n) is 13.2. The van der Waals surface area contributed by atoms with E-state index in [-0.39, 0.29) is 5.82 Å². The highest BCUT2D eigenvalue weighted by Crippen LogP contribution is 2.32. The van der Waals surface area contributed by atoms with E-state index < -0.39 is 0 Å². The number of anilines is 2. The standard InChI is InChI=1S/C18H27FN2/c1-13-5-6-15(11-14(13)2)20-16-7-8-18(17(19)12-16)21-9-3-4-10-21/h7-8,12-15,20H,3-6,9-11H2,1-2H3. The first-order valence-corrected chi connectivity index (χ1v) is 8.44. The first-order valence-electron chi connectivity index (χ1n) is 8.44. The highest BCUT2D eigenvalue weighted by Gasteiger charge is 2.24. The minimum Gasteiger partial charge on any atom is -0.382 e. The monoisotopic (exact) mass is 290 g/mol. The van der Waals surface area contributed by atoms with Gasteiger partial charge in [0, 0.05) is 24.8 Å². The highest BCUT2D eigenvalue weighted by atomic mass is 19.1. The molecule has 2 nitrogen and oxygen atoms in total. The smallest absolute Gasteiger partial charge is 0.148 e. The van der Waals surface area contributed by atoms with E-state index in [1.54, 1.807) is 6.07 Å². The van der Waals surface area contributed by atoms with E-state index in [0.29, 0.717) is 6.04 Å². The number of nitrogens with one attached hydrogen (secondary N) is 1. The van der Waals surface area contributed by atoms with Crippen molar-refractivity contribution in [3.63, 3.8) is 0 Å². The zero-order chi connectivity index (χ0) is 14.8. The number of hydrogen-bond acceptors (Lipinski definition) is 2. The van der Waals surface area contributed by atoms with Crippen LogP contribution < -0.4 is 10.2 Å². The first kappa shape index (κ1) is 14.7. The molecule has 116 valence electrons. The van der Waals surface area contributed by atoms with Gasteiger partial charge >= 0.3 is 0 Å². The van der Waals surface area contributed by atoms with E-state index in [2.05, 4.69) is 24.1 Å². The second-order valence-electron chi connectivity index (χ2n) is 6.97. The van der Waals surface area contributed by atoms with Crippen LogP contribution in [0.3, 0.4) is 0 Å². The van der Waals surface area contributed by atoms with Gasteiger partial charge in [0.25, 0.3) is 0 Å². The Morgan fingerprint density at radius 3 is 2.52 bits per heavy atom. The van der Waals surface area contributed by atoms with Crippen LogP contribution in [0.5, 0.6) is 0 Å². The molecule has 1 saturated carbocycles. The molecule has 3 heteroatoms. The van der Waals surface area contributed by atoms with Crippen molar-refractivity contribution in [3.05, 3.63) is 24.0 Å². The van der Waals surface area contributed by atoms with Crippen LogP contribution in [0.15, 0.2) is 18.2 Å². The normalized spacial score (nSPS) is 29.7. The number of rotatable bonds is 3. The molecule has 1 aromatic carbocycles. The molecule has 2 aliphatic rings. The van der Waals surface area contributed by atoms with Crippen molar-refractivity contribution in [1.82, 2.24) is 0 Å². The Bertz CT molecular complexity index is 482. The van der Waals surface area contributed by atoms with Crippen molar-refractivity contribution < 1.29 is 4.39 Å². The molecule has 1 N–H and O–H groups in total. The summed E-state index contributed by atoms with van der Waals surface area (Å²) < 4.78 is 14.3. The fourth-order valence-electron chi connectivity index (χ4n) is 3.73. The molecule has 0 bridgehead atoms. The van der Waals surface area contributed by atoms with Gasteiger partial charge in [0.05, 0.1) is 5.69 Å². The van der Waals surface area contributed by atoms with Gasteiger partial charge < -0.3 is 10.2 Å². The van der Waals surface area contributed by atoms with Gasteiger partial charge in [-0.15, -0.1) is 0 Å². The summed E-state index contributed by atoms with van der Waals surface area (Å²) in [7, 11) is 0. The molecular formula is C18H27FN2. The van der Waals surface area contributed by atoms with Crippen LogP contribution in [-0.2, 0) is 0 Å². The van der Waals surface area contributed by atoms with Crippen molar-refractivity contribution in [2.24, 2.45) is 11.8 Å². The summed E-state index contributed by atoms with van der Waals surface area (Å²) in [6.07, 6.45) is 6.01. The topological polar surface area (TPSA) is 15.3 Å². The maximum Gasteiger partial charge on any atom is 0.148 e. The Kier molecular flexibility index (Phi) is 4.37. The SMILES string of the molecule is CC1CCC(Nc2ccc(N3CCCC3)c(F)c2)CC1C. The summed E-state index contributed by atoms with van der Waals surface area (Å²) in [5.74, 6) is 1.49. The molecule has 1 saturated heterocycles. The van der Waals surface area contributed by atoms with E-state index in [1.807, 2.05) is 12.1 Å². The van der Waals surface area contributed by atoms with Crippen LogP contribution in [0.4, 0.5) is 15.8 Å². The van der Waals surface area contributed by atoms with E-state index in [9.17, 15) is 4.39 Å². The Balaban J connectivity index is 1.65. The lowest BCUT2D eigenvalue weighted by atomic mass is 9.79. The van der Waals surface area contributed by atoms with Gasteiger partial charge in [0.1, 0.15) is 5.82 Å². The molecule has 0 spiro atoms. The predicted octanol–water partition coefficient (Wildman–Crippen LogP) is 4.66. The van der Waals surface area contributed by atoms with Crippen molar-refractivity contribution in [2.75, 3.05) is 23.3 Å². The van der Waals surface area contributed by atoms with Crippen LogP contribution in [0.2, 0.25) is 0 Å². The predicted molar refractivity (Wildman–Crippen MR) is 87.4 cm³/mol. The lowest BCUT2D eigenvalue weighted by molar-refractivity contribution is 0.261. The van der Waals surface area contributed by atoms with Gasteiger partial charge in [-0.3, -0.25) is 0 Å². The summed E-state index contributed by atoms with van der Waals surface area (Å²) in [5.41, 5.74) is 1.70. The lowest BCUT2D eigenvalue weighted by Crippen LogP contribution is -2.30. The van der Waals surface area contributed by atoms with E-state index in [4.69, 9.17) is 0 Å². The third kappa shape index (κ3) is 3.33. The number of benzene rings is 1. The maximum absolute atomic E-state index is 14.3. The van der Waals surface area contributed by atoms with Crippen LogP contribution in [-0.4, -0.2) is 19.1 Å². The second-order valence-corrected chi connectivity index (χ2v) is 6.97. The minimum absolute atomic E-state index is 0.0841. The maximum atomic E-state index is 14.3. The third-order valence-corrected chi connectivity index (χ3v) is 5.36. The van der Waals surface area contributed by atoms with E-state index in [1.165, 1.54) is 32.1 Å². The van der Waals surface area contributed by atoms with Crippen LogP contribution in [0.25, 0.3) is 0 Å². The molecule has 1 aliphatic heterocycles. The quantitative estimate of drug-likeness (QED) is 0.870. The van der Waals surface area contributed by atoms with Crippen molar-refractivity contribution in [1.29, 1.82) is 0 Å². The summed E-state index contributed by atoms with van der Waals surface area (Å²) in [4.78, 5) is 2.16. The van der Waals surface area contributed by atoms with Gasteiger partial charge in [-0.25, -0.2) is 4.39 Å². The Morgan fingerprint density at radius 1 is 1.10 bits per heavy atom. The van der Waals surface area contributed by atoms with Crippen molar-refractivity contribution in [3.8, 4) is 0 Å². The van der Waals surface area contributed by atoms with E-state index in [0.717, 1.165) is 36.3 Å². The third-order valence-electron chi connectivity index (χ3n) is 5.36. The fraction of sp³-hybridized carbons (Fsp3) is 0.667. The van der Waals surface area contributed by atoms with E-state index >= 15 is 0 Å². The average Bonchev–Trinajstić information content (AvgIpc) is 2.97. The highest BCUT2D eigenvalue weighted by molar-refractivity contribution is 5.57. The summed E-state index contributed by atoms with van der Waals surface area (Å²) in [6, 6.07) is 6.15. The first-order chi connectivity index (χ1) is 10.1. The van der Waals surface area contributed by atoms with Crippen LogP contribution in [0.1, 0.15) is 46.0 Å². The van der Waals surface area contributed by atoms with Crippen molar-refractivity contribution >= 4 is 11.4 Å². The molecule has 1 aromatic rings. The van der Waals surface area contributed by atoms with Crippen LogP contribution in [0, 0.1) is 17.7 Å². The van der Waals surface area contributed by atoms with Gasteiger partial charge in [-0.05, 0) is 62.1 Å². The Labute approximate surface area is 127 Å². The molecule has 3 rings (SSSR count). The van der Waals surface area contributed by atoms with Gasteiger partial charge in [-0.1, -0.05) is 13.8 Å². The summed E-state index contributed by atoms with van der Waals surface area (Å²) >= 11 is 0. The Hall–Kier alpha value is -1.25. The molecule has 1 heterocycles. The summed E-state index contributed by atoms with van der Waals surface area (Å²) in [6.45, 7) is 6.64. The molecule has 0 radical (unpaired) electrons. The van der Waals surface area contributed by atoms with Crippen molar-refractivity contribution in [2.45, 2.75) is 52.0 Å². The zero-order valence-corrected chi connectivity index (χ0v) is 13.2. The second kappa shape index (κ2) is 6.25. The average molecular weight is 290 g/mol. The summed E-state index contributed by atoms with van der Waals surface area (Å²) in [5, 5.41) is 3.53. The number of halogens is 1. The fourth-order valence-corrected chi connectivity index (χ4v) is 3.73. The Morgan fingerprint density at radius 2 is 1.86 bits per heavy atom. The van der Waals surface area contributed by atoms with Gasteiger partial charge in [0.2, 0.25) is 0 Å². The molecule has 3 unspecified atom stereocenters. The lowest BCUT2D eigenvalue weighted by Gasteiger charge is -2.33. The molecular weight excluding hydrogens is 263 g/mol. The molecule has 2 fully saturated rings. The van der Waals surface area contributed by atoms with Crippen LogP contribution >= 0.6 is 0 Å². The largest absolute Gasteiger partial charge is 0.382 e. The molecule has 1 aliphatic carbocycles. The molecule has 21 heavy (non-hydrogen) atoms. The number of nitrogens with zero attached hydrogens (tertiary/aromatic N) is 1. The van der Waals surface area contributed by atoms with Gasteiger partial charge in [0.15, 0.2) is 0 Å². The van der Waals surface area contributed by atoms with Gasteiger partial charge in [-0.2, -0.15) is 0 Å². The molecule has 0 aromatic heterocycles. The number of hydrogen-bond donors (Lipinski definition) is 1.